The van der Waals surface area contributed by atoms with Crippen LogP contribution >= 0.6 is 24.2 Å². The van der Waals surface area contributed by atoms with Crippen molar-refractivity contribution in [2.45, 2.75) is 55.5 Å². The summed E-state index contributed by atoms with van der Waals surface area (Å²) in [5.41, 5.74) is 0.280. The molecule has 25 heavy (non-hydrogen) atoms. The number of carbonyl (C=O) groups is 1. The number of fused-ring (bicyclic) bond motifs is 2. The number of alkyl halides is 2. The van der Waals surface area contributed by atoms with Crippen LogP contribution < -0.4 is 10.6 Å². The van der Waals surface area contributed by atoms with Gasteiger partial charge in [-0.15, -0.1) is 24.2 Å². The number of benzene rings is 1. The standard InChI is InChI=1S/C17H21F3N2OS.ClH/c18-11-1-4-15(24-9-16(19)20)14(8-11)22-17(23)7-10-5-12-2-3-13(6-10)21-12;/h1,4,8,10,12-13,16,21H,2-3,5-7,9H2,(H,22,23);1H. The molecule has 140 valence electrons. The van der Waals surface area contributed by atoms with E-state index in [0.717, 1.165) is 24.6 Å². The van der Waals surface area contributed by atoms with Crippen LogP contribution in [0.15, 0.2) is 23.1 Å². The van der Waals surface area contributed by atoms with E-state index < -0.39 is 12.2 Å². The summed E-state index contributed by atoms with van der Waals surface area (Å²) in [5, 5.41) is 6.24. The Labute approximate surface area is 155 Å². The van der Waals surface area contributed by atoms with Crippen molar-refractivity contribution in [3.63, 3.8) is 0 Å². The number of nitrogens with one attached hydrogen (secondary N) is 2. The molecule has 3 nitrogen and oxygen atoms in total. The number of hydrogen-bond donors (Lipinski definition) is 2. The summed E-state index contributed by atoms with van der Waals surface area (Å²) in [6.45, 7) is 0. The van der Waals surface area contributed by atoms with Gasteiger partial charge in [0.1, 0.15) is 5.82 Å². The minimum Gasteiger partial charge on any atom is -0.325 e. The van der Waals surface area contributed by atoms with Crippen LogP contribution in [0.1, 0.15) is 32.1 Å². The second-order valence-electron chi connectivity index (χ2n) is 6.57. The minimum absolute atomic E-state index is 0. The van der Waals surface area contributed by atoms with Crippen LogP contribution in [0.3, 0.4) is 0 Å². The molecule has 1 aromatic carbocycles. The number of anilines is 1. The van der Waals surface area contributed by atoms with Crippen molar-refractivity contribution in [2.75, 3.05) is 11.1 Å². The van der Waals surface area contributed by atoms with Gasteiger partial charge in [0.25, 0.3) is 0 Å². The zero-order valence-electron chi connectivity index (χ0n) is 13.6. The molecule has 2 heterocycles. The first-order valence-corrected chi connectivity index (χ1v) is 9.24. The van der Waals surface area contributed by atoms with Crippen molar-refractivity contribution in [1.29, 1.82) is 0 Å². The maximum absolute atomic E-state index is 13.4. The molecule has 2 fully saturated rings. The van der Waals surface area contributed by atoms with Crippen molar-refractivity contribution in [2.24, 2.45) is 5.92 Å². The minimum atomic E-state index is -2.45. The van der Waals surface area contributed by atoms with Gasteiger partial charge < -0.3 is 10.6 Å². The molecule has 2 bridgehead atoms. The van der Waals surface area contributed by atoms with E-state index >= 15 is 0 Å². The SMILES string of the molecule is Cl.O=C(CC1CC2CCC(C1)N2)Nc1cc(F)ccc1SCC(F)F. The fraction of sp³-hybridized carbons (Fsp3) is 0.588. The Morgan fingerprint density at radius 3 is 2.60 bits per heavy atom. The summed E-state index contributed by atoms with van der Waals surface area (Å²) in [7, 11) is 0. The monoisotopic (exact) mass is 394 g/mol. The highest BCUT2D eigenvalue weighted by atomic mass is 35.5. The number of piperidine rings is 1. The molecule has 1 aromatic rings. The van der Waals surface area contributed by atoms with Gasteiger partial charge in [0.05, 0.1) is 11.4 Å². The first kappa shape index (κ1) is 20.4. The largest absolute Gasteiger partial charge is 0.325 e. The van der Waals surface area contributed by atoms with Crippen molar-refractivity contribution in [3.05, 3.63) is 24.0 Å². The lowest BCUT2D eigenvalue weighted by molar-refractivity contribution is -0.117. The average molecular weight is 395 g/mol. The molecule has 2 N–H and O–H groups in total. The summed E-state index contributed by atoms with van der Waals surface area (Å²) in [6, 6.07) is 4.86. The van der Waals surface area contributed by atoms with Crippen LogP contribution in [-0.2, 0) is 4.79 Å². The van der Waals surface area contributed by atoms with Crippen LogP contribution in [0.4, 0.5) is 18.9 Å². The Balaban J connectivity index is 0.00000225. The van der Waals surface area contributed by atoms with E-state index in [1.165, 1.54) is 31.0 Å². The Morgan fingerprint density at radius 2 is 1.96 bits per heavy atom. The lowest BCUT2D eigenvalue weighted by Crippen LogP contribution is -2.39. The van der Waals surface area contributed by atoms with Gasteiger partial charge >= 0.3 is 0 Å². The van der Waals surface area contributed by atoms with E-state index in [9.17, 15) is 18.0 Å². The maximum atomic E-state index is 13.4. The molecular weight excluding hydrogens is 373 g/mol. The van der Waals surface area contributed by atoms with Gasteiger partial charge in [-0.1, -0.05) is 0 Å². The third-order valence-electron chi connectivity index (χ3n) is 4.63. The Hall–Kier alpha value is -0.920. The normalized spacial score (nSPS) is 24.9. The van der Waals surface area contributed by atoms with E-state index in [2.05, 4.69) is 10.6 Å². The number of thioether (sulfide) groups is 1. The molecule has 0 aromatic heterocycles. The van der Waals surface area contributed by atoms with Crippen molar-refractivity contribution < 1.29 is 18.0 Å². The lowest BCUT2D eigenvalue weighted by Gasteiger charge is -2.28. The number of amides is 1. The quantitative estimate of drug-likeness (QED) is 0.700. The fourth-order valence-electron chi connectivity index (χ4n) is 3.68. The van der Waals surface area contributed by atoms with E-state index in [1.54, 1.807) is 0 Å². The Bertz CT molecular complexity index is 593. The molecule has 0 radical (unpaired) electrons. The average Bonchev–Trinajstić information content (AvgIpc) is 2.85. The van der Waals surface area contributed by atoms with Gasteiger partial charge in [-0.05, 0) is 49.8 Å². The van der Waals surface area contributed by atoms with Crippen LogP contribution in [0.2, 0.25) is 0 Å². The zero-order chi connectivity index (χ0) is 17.1. The third-order valence-corrected chi connectivity index (χ3v) is 5.71. The maximum Gasteiger partial charge on any atom is 0.247 e. The highest BCUT2D eigenvalue weighted by molar-refractivity contribution is 7.99. The molecular formula is C17H22ClF3N2OS. The number of halogens is 4. The van der Waals surface area contributed by atoms with Crippen molar-refractivity contribution in [3.8, 4) is 0 Å². The smallest absolute Gasteiger partial charge is 0.247 e. The van der Waals surface area contributed by atoms with Crippen LogP contribution in [0, 0.1) is 11.7 Å². The molecule has 2 aliphatic rings. The van der Waals surface area contributed by atoms with E-state index in [4.69, 9.17) is 0 Å². The first-order valence-electron chi connectivity index (χ1n) is 8.26. The molecule has 0 saturated carbocycles. The third kappa shape index (κ3) is 5.79. The number of carbonyl (C=O) groups excluding carboxylic acids is 1. The zero-order valence-corrected chi connectivity index (χ0v) is 15.3. The van der Waals surface area contributed by atoms with E-state index in [0.29, 0.717) is 29.3 Å². The Kier molecular flexibility index (Phi) is 7.46. The highest BCUT2D eigenvalue weighted by Crippen LogP contribution is 2.34. The number of rotatable bonds is 6. The Morgan fingerprint density at radius 1 is 1.28 bits per heavy atom. The predicted molar refractivity (Wildman–Crippen MR) is 96.3 cm³/mol. The second kappa shape index (κ2) is 9.14. The van der Waals surface area contributed by atoms with Crippen molar-refractivity contribution in [1.82, 2.24) is 5.32 Å². The molecule has 2 saturated heterocycles. The van der Waals surface area contributed by atoms with Crippen LogP contribution in [-0.4, -0.2) is 30.2 Å². The topological polar surface area (TPSA) is 41.1 Å². The molecule has 3 rings (SSSR count). The first-order chi connectivity index (χ1) is 11.5. The fourth-order valence-corrected chi connectivity index (χ4v) is 4.42. The summed E-state index contributed by atoms with van der Waals surface area (Å²) in [4.78, 5) is 12.8. The second-order valence-corrected chi connectivity index (χ2v) is 7.63. The van der Waals surface area contributed by atoms with Crippen LogP contribution in [0.25, 0.3) is 0 Å². The molecule has 2 unspecified atom stereocenters. The van der Waals surface area contributed by atoms with E-state index in [1.807, 2.05) is 0 Å². The summed E-state index contributed by atoms with van der Waals surface area (Å²) in [5.74, 6) is -0.724. The molecule has 2 atom stereocenters. The molecule has 1 amide bonds. The van der Waals surface area contributed by atoms with Gasteiger partial charge in [0.15, 0.2) is 0 Å². The lowest BCUT2D eigenvalue weighted by atomic mass is 9.89. The van der Waals surface area contributed by atoms with Crippen LogP contribution in [0.5, 0.6) is 0 Å². The van der Waals surface area contributed by atoms with Gasteiger partial charge in [-0.3, -0.25) is 4.79 Å². The highest BCUT2D eigenvalue weighted by Gasteiger charge is 2.34. The number of hydrogen-bond acceptors (Lipinski definition) is 3. The van der Waals surface area contributed by atoms with Gasteiger partial charge in [-0.25, -0.2) is 13.2 Å². The predicted octanol–water partition coefficient (Wildman–Crippen LogP) is 4.46. The summed E-state index contributed by atoms with van der Waals surface area (Å²) in [6.07, 6.45) is 2.25. The van der Waals surface area contributed by atoms with Gasteiger partial charge in [0.2, 0.25) is 12.3 Å². The van der Waals surface area contributed by atoms with Gasteiger partial charge in [-0.2, -0.15) is 0 Å². The molecule has 2 aliphatic heterocycles. The summed E-state index contributed by atoms with van der Waals surface area (Å²) < 4.78 is 38.2. The summed E-state index contributed by atoms with van der Waals surface area (Å²) >= 11 is 0.921. The molecule has 0 aliphatic carbocycles. The van der Waals surface area contributed by atoms with Gasteiger partial charge in [0, 0.05) is 23.4 Å². The molecule has 8 heteroatoms. The van der Waals surface area contributed by atoms with Crippen molar-refractivity contribution >= 4 is 35.8 Å². The van der Waals surface area contributed by atoms with E-state index in [-0.39, 0.29) is 29.8 Å². The molecule has 0 spiro atoms.